The molecule has 122 valence electrons. The van der Waals surface area contributed by atoms with E-state index in [2.05, 4.69) is 52.3 Å². The molecule has 0 spiro atoms. The van der Waals surface area contributed by atoms with E-state index in [1.807, 2.05) is 12.1 Å². The van der Waals surface area contributed by atoms with Crippen LogP contribution in [0.2, 0.25) is 5.02 Å². The van der Waals surface area contributed by atoms with E-state index in [1.54, 1.807) is 0 Å². The van der Waals surface area contributed by atoms with Crippen molar-refractivity contribution in [2.75, 3.05) is 39.3 Å². The van der Waals surface area contributed by atoms with Gasteiger partial charge in [0.2, 0.25) is 0 Å². The minimum atomic E-state index is 0.235. The Bertz CT molecular complexity index is 595. The Hall–Kier alpha value is -1.39. The monoisotopic (exact) mass is 330 g/mol. The lowest BCUT2D eigenvalue weighted by Crippen LogP contribution is -2.48. The Labute approximate surface area is 143 Å². The standard InChI is InChI=1S/C19H23ClN2O/c20-18-8-6-17(7-9-18)19(16-4-2-1-3-5-16)22-12-10-21(11-13-22)14-15-23/h1-9,19,23H,10-15H2/t19-/m0/s1. The summed E-state index contributed by atoms with van der Waals surface area (Å²) >= 11 is 6.06. The zero-order chi connectivity index (χ0) is 16.1. The number of nitrogens with zero attached hydrogens (tertiary/aromatic N) is 2. The van der Waals surface area contributed by atoms with Crippen molar-refractivity contribution in [3.05, 3.63) is 70.7 Å². The maximum absolute atomic E-state index is 9.11. The molecular weight excluding hydrogens is 308 g/mol. The van der Waals surface area contributed by atoms with E-state index in [0.29, 0.717) is 0 Å². The number of halogens is 1. The molecule has 1 fully saturated rings. The van der Waals surface area contributed by atoms with Gasteiger partial charge >= 0.3 is 0 Å². The van der Waals surface area contributed by atoms with Crippen LogP contribution in [0.3, 0.4) is 0 Å². The van der Waals surface area contributed by atoms with Crippen LogP contribution in [0.4, 0.5) is 0 Å². The Morgan fingerprint density at radius 3 is 2.09 bits per heavy atom. The molecule has 0 radical (unpaired) electrons. The summed E-state index contributed by atoms with van der Waals surface area (Å²) in [5.74, 6) is 0. The third-order valence-corrected chi connectivity index (χ3v) is 4.74. The zero-order valence-electron chi connectivity index (χ0n) is 13.2. The molecule has 1 atom stereocenters. The second-order valence-electron chi connectivity index (χ2n) is 5.97. The normalized spacial score (nSPS) is 18.0. The number of aliphatic hydroxyl groups is 1. The van der Waals surface area contributed by atoms with Gasteiger partial charge in [0.05, 0.1) is 12.6 Å². The molecule has 4 heteroatoms. The van der Waals surface area contributed by atoms with Gasteiger partial charge in [0.25, 0.3) is 0 Å². The maximum Gasteiger partial charge on any atom is 0.0602 e. The van der Waals surface area contributed by atoms with E-state index >= 15 is 0 Å². The molecule has 1 aliphatic rings. The average molecular weight is 331 g/mol. The lowest BCUT2D eigenvalue weighted by molar-refractivity contribution is 0.0945. The van der Waals surface area contributed by atoms with Crippen LogP contribution in [0.15, 0.2) is 54.6 Å². The second-order valence-corrected chi connectivity index (χ2v) is 6.40. The van der Waals surface area contributed by atoms with Crippen molar-refractivity contribution in [3.63, 3.8) is 0 Å². The largest absolute Gasteiger partial charge is 0.395 e. The predicted molar refractivity (Wildman–Crippen MR) is 94.8 cm³/mol. The van der Waals surface area contributed by atoms with Crippen molar-refractivity contribution >= 4 is 11.6 Å². The van der Waals surface area contributed by atoms with Crippen LogP contribution >= 0.6 is 11.6 Å². The summed E-state index contributed by atoms with van der Waals surface area (Å²) < 4.78 is 0. The average Bonchev–Trinajstić information content (AvgIpc) is 2.60. The molecule has 2 aromatic rings. The van der Waals surface area contributed by atoms with Gasteiger partial charge in [-0.25, -0.2) is 0 Å². The molecule has 3 rings (SSSR count). The Morgan fingerprint density at radius 2 is 1.48 bits per heavy atom. The molecule has 2 aromatic carbocycles. The van der Waals surface area contributed by atoms with Gasteiger partial charge in [-0.2, -0.15) is 0 Å². The summed E-state index contributed by atoms with van der Waals surface area (Å²) in [6, 6.07) is 19.1. The summed E-state index contributed by atoms with van der Waals surface area (Å²) in [6.45, 7) is 5.00. The molecule has 23 heavy (non-hydrogen) atoms. The zero-order valence-corrected chi connectivity index (χ0v) is 14.0. The van der Waals surface area contributed by atoms with Gasteiger partial charge in [0.1, 0.15) is 0 Å². The van der Waals surface area contributed by atoms with Crippen LogP contribution in [0.1, 0.15) is 17.2 Å². The van der Waals surface area contributed by atoms with Crippen molar-refractivity contribution in [3.8, 4) is 0 Å². The summed E-state index contributed by atoms with van der Waals surface area (Å²) in [5, 5.41) is 9.88. The predicted octanol–water partition coefficient (Wildman–Crippen LogP) is 3.04. The molecule has 1 heterocycles. The number of piperazine rings is 1. The van der Waals surface area contributed by atoms with Crippen LogP contribution in [-0.2, 0) is 0 Å². The van der Waals surface area contributed by atoms with E-state index in [1.165, 1.54) is 11.1 Å². The number of hydrogen-bond acceptors (Lipinski definition) is 3. The van der Waals surface area contributed by atoms with Crippen LogP contribution < -0.4 is 0 Å². The molecule has 0 aliphatic carbocycles. The highest BCUT2D eigenvalue weighted by Gasteiger charge is 2.26. The first-order valence-electron chi connectivity index (χ1n) is 8.15. The summed E-state index contributed by atoms with van der Waals surface area (Å²) in [4.78, 5) is 4.84. The highest BCUT2D eigenvalue weighted by atomic mass is 35.5. The van der Waals surface area contributed by atoms with Crippen LogP contribution in [0, 0.1) is 0 Å². The SMILES string of the molecule is OCCN1CCN([C@@H](c2ccccc2)c2ccc(Cl)cc2)CC1. The topological polar surface area (TPSA) is 26.7 Å². The van der Waals surface area contributed by atoms with E-state index in [9.17, 15) is 0 Å². The summed E-state index contributed by atoms with van der Waals surface area (Å²) in [7, 11) is 0. The van der Waals surface area contributed by atoms with Gasteiger partial charge in [0.15, 0.2) is 0 Å². The van der Waals surface area contributed by atoms with Crippen LogP contribution in [0.25, 0.3) is 0 Å². The molecule has 0 saturated carbocycles. The van der Waals surface area contributed by atoms with Gasteiger partial charge in [0, 0.05) is 37.7 Å². The Morgan fingerprint density at radius 1 is 0.870 bits per heavy atom. The lowest BCUT2D eigenvalue weighted by atomic mass is 9.96. The Kier molecular flexibility index (Phi) is 5.68. The first-order valence-corrected chi connectivity index (χ1v) is 8.53. The first-order chi connectivity index (χ1) is 11.3. The van der Waals surface area contributed by atoms with Gasteiger partial charge in [-0.15, -0.1) is 0 Å². The fourth-order valence-corrected chi connectivity index (χ4v) is 3.41. The fourth-order valence-electron chi connectivity index (χ4n) is 3.28. The quantitative estimate of drug-likeness (QED) is 0.913. The van der Waals surface area contributed by atoms with Crippen molar-refractivity contribution in [2.45, 2.75) is 6.04 Å². The molecule has 1 N–H and O–H groups in total. The Balaban J connectivity index is 1.83. The molecule has 1 saturated heterocycles. The van der Waals surface area contributed by atoms with Crippen molar-refractivity contribution in [1.29, 1.82) is 0 Å². The molecule has 0 unspecified atom stereocenters. The molecule has 0 bridgehead atoms. The molecular formula is C19H23ClN2O. The number of aliphatic hydroxyl groups excluding tert-OH is 1. The van der Waals surface area contributed by atoms with E-state index in [0.717, 1.165) is 37.7 Å². The second kappa shape index (κ2) is 7.93. The van der Waals surface area contributed by atoms with E-state index in [4.69, 9.17) is 16.7 Å². The van der Waals surface area contributed by atoms with Crippen LogP contribution in [0.5, 0.6) is 0 Å². The van der Waals surface area contributed by atoms with Gasteiger partial charge in [-0.1, -0.05) is 54.1 Å². The highest BCUT2D eigenvalue weighted by molar-refractivity contribution is 6.30. The lowest BCUT2D eigenvalue weighted by Gasteiger charge is -2.39. The van der Waals surface area contributed by atoms with Crippen molar-refractivity contribution < 1.29 is 5.11 Å². The fraction of sp³-hybridized carbons (Fsp3) is 0.368. The smallest absolute Gasteiger partial charge is 0.0602 e. The van der Waals surface area contributed by atoms with Crippen LogP contribution in [-0.4, -0.2) is 54.2 Å². The van der Waals surface area contributed by atoms with E-state index in [-0.39, 0.29) is 12.6 Å². The minimum absolute atomic E-state index is 0.235. The number of β-amino-alcohol motifs (C(OH)–C–C–N with tert-alkyl or cyclic N) is 1. The number of hydrogen-bond donors (Lipinski definition) is 1. The molecule has 1 aliphatic heterocycles. The molecule has 3 nitrogen and oxygen atoms in total. The van der Waals surface area contributed by atoms with Gasteiger partial charge in [-0.05, 0) is 23.3 Å². The number of benzene rings is 2. The van der Waals surface area contributed by atoms with Crippen molar-refractivity contribution in [2.24, 2.45) is 0 Å². The minimum Gasteiger partial charge on any atom is -0.395 e. The highest BCUT2D eigenvalue weighted by Crippen LogP contribution is 2.30. The van der Waals surface area contributed by atoms with Crippen molar-refractivity contribution in [1.82, 2.24) is 9.80 Å². The third-order valence-electron chi connectivity index (χ3n) is 4.49. The van der Waals surface area contributed by atoms with Gasteiger partial charge < -0.3 is 5.11 Å². The van der Waals surface area contributed by atoms with Gasteiger partial charge in [-0.3, -0.25) is 9.80 Å². The first kappa shape index (κ1) is 16.5. The summed E-state index contributed by atoms with van der Waals surface area (Å²) in [6.07, 6.45) is 0. The molecule has 0 amide bonds. The third kappa shape index (κ3) is 4.12. The number of rotatable bonds is 5. The molecule has 0 aromatic heterocycles. The maximum atomic E-state index is 9.11. The van der Waals surface area contributed by atoms with E-state index < -0.39 is 0 Å². The summed E-state index contributed by atoms with van der Waals surface area (Å²) in [5.41, 5.74) is 2.58.